The second kappa shape index (κ2) is 12.3. The lowest BCUT2D eigenvalue weighted by Gasteiger charge is -2.13. The van der Waals surface area contributed by atoms with Gasteiger partial charge in [0.15, 0.2) is 11.5 Å². The first kappa shape index (κ1) is 26.8. The van der Waals surface area contributed by atoms with Crippen LogP contribution in [-0.4, -0.2) is 42.2 Å². The number of nitrogens with zero attached hydrogens (tertiary/aromatic N) is 1. The number of hydrogen-bond acceptors (Lipinski definition) is 7. The molecule has 1 heterocycles. The topological polar surface area (TPSA) is 94.2 Å². The molecule has 0 saturated carbocycles. The molecule has 1 N–H and O–H groups in total. The fourth-order valence-electron chi connectivity index (χ4n) is 3.65. The number of hydrogen-bond donors (Lipinski definition) is 1. The van der Waals surface area contributed by atoms with E-state index in [1.165, 1.54) is 5.56 Å². The van der Waals surface area contributed by atoms with E-state index in [4.69, 9.17) is 14.2 Å². The van der Waals surface area contributed by atoms with Gasteiger partial charge in [-0.25, -0.2) is 0 Å². The molecule has 9 heteroatoms. The predicted octanol–water partition coefficient (Wildman–Crippen LogP) is 5.66. The SMILES string of the molecule is CCOc1cc(/C=C2/SC(=O)N(CC(=O)Nc3ccc(OC)cc3)C2=O)ccc1OCc1ccc(C)cc1. The smallest absolute Gasteiger partial charge is 0.294 e. The molecule has 1 aliphatic rings. The molecule has 3 aromatic rings. The van der Waals surface area contributed by atoms with Crippen molar-refractivity contribution in [3.05, 3.63) is 88.3 Å². The van der Waals surface area contributed by atoms with E-state index in [0.29, 0.717) is 41.7 Å². The molecular formula is C29H28N2O6S. The molecule has 0 aromatic heterocycles. The number of carbonyl (C=O) groups is 3. The summed E-state index contributed by atoms with van der Waals surface area (Å²) in [4.78, 5) is 39.0. The van der Waals surface area contributed by atoms with Gasteiger partial charge in [0.1, 0.15) is 18.9 Å². The number of amides is 3. The summed E-state index contributed by atoms with van der Waals surface area (Å²) >= 11 is 0.792. The van der Waals surface area contributed by atoms with Crippen LogP contribution in [0, 0.1) is 6.92 Å². The molecule has 3 amide bonds. The summed E-state index contributed by atoms with van der Waals surface area (Å²) in [7, 11) is 1.55. The summed E-state index contributed by atoms with van der Waals surface area (Å²) in [5.74, 6) is 0.756. The molecule has 1 saturated heterocycles. The van der Waals surface area contributed by atoms with E-state index < -0.39 is 17.1 Å². The number of methoxy groups -OCH3 is 1. The Labute approximate surface area is 225 Å². The van der Waals surface area contributed by atoms with Crippen molar-refractivity contribution < 1.29 is 28.6 Å². The molecule has 0 unspecified atom stereocenters. The molecule has 8 nitrogen and oxygen atoms in total. The van der Waals surface area contributed by atoms with Crippen molar-refractivity contribution in [2.24, 2.45) is 0 Å². The third-order valence-electron chi connectivity index (χ3n) is 5.63. The lowest BCUT2D eigenvalue weighted by Crippen LogP contribution is -2.36. The Hall–Kier alpha value is -4.24. The standard InChI is InChI=1S/C29H28N2O6S/c1-4-36-25-15-21(9-14-24(25)37-18-20-7-5-19(2)6-8-20)16-26-28(33)31(29(34)38-26)17-27(32)30-22-10-12-23(35-3)13-11-22/h5-16H,4,17-18H2,1-3H3,(H,30,32)/b26-16+. The van der Waals surface area contributed by atoms with Crippen LogP contribution in [0.25, 0.3) is 6.08 Å². The maximum Gasteiger partial charge on any atom is 0.294 e. The Balaban J connectivity index is 1.42. The van der Waals surface area contributed by atoms with E-state index in [-0.39, 0.29) is 11.4 Å². The third-order valence-corrected chi connectivity index (χ3v) is 6.54. The Kier molecular flexibility index (Phi) is 8.70. The number of imide groups is 1. The molecule has 0 spiro atoms. The highest BCUT2D eigenvalue weighted by molar-refractivity contribution is 8.18. The number of nitrogens with one attached hydrogen (secondary N) is 1. The molecule has 0 radical (unpaired) electrons. The maximum absolute atomic E-state index is 12.9. The van der Waals surface area contributed by atoms with Crippen LogP contribution in [0.4, 0.5) is 10.5 Å². The molecular weight excluding hydrogens is 504 g/mol. The highest BCUT2D eigenvalue weighted by atomic mass is 32.2. The molecule has 1 aliphatic heterocycles. The number of thioether (sulfide) groups is 1. The van der Waals surface area contributed by atoms with Crippen molar-refractivity contribution in [1.29, 1.82) is 0 Å². The van der Waals surface area contributed by atoms with Gasteiger partial charge in [0, 0.05) is 5.69 Å². The van der Waals surface area contributed by atoms with Crippen LogP contribution < -0.4 is 19.5 Å². The van der Waals surface area contributed by atoms with Crippen molar-refractivity contribution in [1.82, 2.24) is 4.90 Å². The second-order valence-corrected chi connectivity index (χ2v) is 9.45. The number of aryl methyl sites for hydroxylation is 1. The van der Waals surface area contributed by atoms with Gasteiger partial charge in [-0.05, 0) is 79.2 Å². The number of ether oxygens (including phenoxy) is 3. The van der Waals surface area contributed by atoms with Gasteiger partial charge in [0.25, 0.3) is 11.1 Å². The minimum absolute atomic E-state index is 0.225. The molecule has 0 bridgehead atoms. The molecule has 0 atom stereocenters. The molecule has 38 heavy (non-hydrogen) atoms. The number of anilines is 1. The summed E-state index contributed by atoms with van der Waals surface area (Å²) < 4.78 is 16.8. The molecule has 3 aromatic carbocycles. The van der Waals surface area contributed by atoms with Gasteiger partial charge in [0.2, 0.25) is 5.91 Å². The highest BCUT2D eigenvalue weighted by Gasteiger charge is 2.36. The molecule has 1 fully saturated rings. The Morgan fingerprint density at radius 1 is 0.974 bits per heavy atom. The zero-order valence-electron chi connectivity index (χ0n) is 21.4. The number of carbonyl (C=O) groups excluding carboxylic acids is 3. The highest BCUT2D eigenvalue weighted by Crippen LogP contribution is 2.35. The normalized spacial score (nSPS) is 14.1. The van der Waals surface area contributed by atoms with E-state index in [0.717, 1.165) is 22.2 Å². The Bertz CT molecular complexity index is 1350. The summed E-state index contributed by atoms with van der Waals surface area (Å²) in [6.45, 7) is 4.34. The average molecular weight is 533 g/mol. The first-order valence-electron chi connectivity index (χ1n) is 12.0. The van der Waals surface area contributed by atoms with Gasteiger partial charge in [-0.1, -0.05) is 35.9 Å². The Morgan fingerprint density at radius 2 is 1.71 bits per heavy atom. The van der Waals surface area contributed by atoms with E-state index >= 15 is 0 Å². The molecule has 0 aliphatic carbocycles. The van der Waals surface area contributed by atoms with E-state index in [1.807, 2.05) is 38.1 Å². The average Bonchev–Trinajstić information content (AvgIpc) is 3.17. The largest absolute Gasteiger partial charge is 0.497 e. The van der Waals surface area contributed by atoms with Crippen LogP contribution in [0.2, 0.25) is 0 Å². The zero-order chi connectivity index (χ0) is 27.1. The minimum Gasteiger partial charge on any atom is -0.497 e. The Morgan fingerprint density at radius 3 is 2.39 bits per heavy atom. The van der Waals surface area contributed by atoms with Gasteiger partial charge in [0.05, 0.1) is 18.6 Å². The van der Waals surface area contributed by atoms with Gasteiger partial charge >= 0.3 is 0 Å². The molecule has 196 valence electrons. The second-order valence-electron chi connectivity index (χ2n) is 8.46. The zero-order valence-corrected chi connectivity index (χ0v) is 22.2. The number of benzene rings is 3. The lowest BCUT2D eigenvalue weighted by molar-refractivity contribution is -0.127. The van der Waals surface area contributed by atoms with Crippen LogP contribution in [0.1, 0.15) is 23.6 Å². The van der Waals surface area contributed by atoms with Crippen LogP contribution in [0.15, 0.2) is 71.6 Å². The first-order valence-corrected chi connectivity index (χ1v) is 12.8. The summed E-state index contributed by atoms with van der Waals surface area (Å²) in [5.41, 5.74) is 3.41. The predicted molar refractivity (Wildman–Crippen MR) is 147 cm³/mol. The van der Waals surface area contributed by atoms with Gasteiger partial charge < -0.3 is 19.5 Å². The fraction of sp³-hybridized carbons (Fsp3) is 0.207. The quantitative estimate of drug-likeness (QED) is 0.337. The van der Waals surface area contributed by atoms with Gasteiger partial charge in [-0.3, -0.25) is 19.3 Å². The monoisotopic (exact) mass is 532 g/mol. The lowest BCUT2D eigenvalue weighted by atomic mass is 10.1. The third kappa shape index (κ3) is 6.74. The molecule has 4 rings (SSSR count). The minimum atomic E-state index is -0.525. The summed E-state index contributed by atoms with van der Waals surface area (Å²) in [6.07, 6.45) is 1.61. The van der Waals surface area contributed by atoms with Crippen molar-refractivity contribution in [3.63, 3.8) is 0 Å². The maximum atomic E-state index is 12.9. The first-order chi connectivity index (χ1) is 18.4. The van der Waals surface area contributed by atoms with Crippen LogP contribution >= 0.6 is 11.8 Å². The van der Waals surface area contributed by atoms with Crippen molar-refractivity contribution in [3.8, 4) is 17.2 Å². The van der Waals surface area contributed by atoms with E-state index in [2.05, 4.69) is 5.32 Å². The number of rotatable bonds is 10. The van der Waals surface area contributed by atoms with Crippen molar-refractivity contribution in [2.45, 2.75) is 20.5 Å². The van der Waals surface area contributed by atoms with E-state index in [1.54, 1.807) is 55.7 Å². The van der Waals surface area contributed by atoms with Gasteiger partial charge in [-0.2, -0.15) is 0 Å². The van der Waals surface area contributed by atoms with Crippen molar-refractivity contribution in [2.75, 3.05) is 25.6 Å². The summed E-state index contributed by atoms with van der Waals surface area (Å²) in [6, 6.07) is 20.2. The summed E-state index contributed by atoms with van der Waals surface area (Å²) in [5, 5.41) is 2.17. The van der Waals surface area contributed by atoms with Crippen LogP contribution in [-0.2, 0) is 16.2 Å². The van der Waals surface area contributed by atoms with Gasteiger partial charge in [-0.15, -0.1) is 0 Å². The van der Waals surface area contributed by atoms with Crippen molar-refractivity contribution >= 4 is 40.6 Å². The van der Waals surface area contributed by atoms with Crippen LogP contribution in [0.3, 0.4) is 0 Å². The van der Waals surface area contributed by atoms with Crippen LogP contribution in [0.5, 0.6) is 17.2 Å². The van der Waals surface area contributed by atoms with E-state index in [9.17, 15) is 14.4 Å². The fourth-order valence-corrected chi connectivity index (χ4v) is 4.49.